The molecule has 15 heavy (non-hydrogen) atoms. The normalized spacial score (nSPS) is 25.1. The summed E-state index contributed by atoms with van der Waals surface area (Å²) in [5.74, 6) is -3.31. The topological polar surface area (TPSA) is 20.2 Å². The van der Waals surface area contributed by atoms with Gasteiger partial charge < -0.3 is 5.11 Å². The van der Waals surface area contributed by atoms with Crippen molar-refractivity contribution in [2.75, 3.05) is 0 Å². The van der Waals surface area contributed by atoms with E-state index in [4.69, 9.17) is 0 Å². The maximum absolute atomic E-state index is 13.4. The van der Waals surface area contributed by atoms with Gasteiger partial charge >= 0.3 is 0 Å². The van der Waals surface area contributed by atoms with Crippen molar-refractivity contribution in [2.45, 2.75) is 31.8 Å². The van der Waals surface area contributed by atoms with Crippen molar-refractivity contribution in [3.8, 4) is 0 Å². The molecule has 0 bridgehead atoms. The Hall–Kier alpha value is -1.03. The predicted octanol–water partition coefficient (Wildman–Crippen LogP) is 3.03. The van der Waals surface area contributed by atoms with Crippen LogP contribution in [0.4, 0.5) is 13.2 Å². The molecule has 1 aliphatic carbocycles. The lowest BCUT2D eigenvalue weighted by atomic mass is 9.81. The van der Waals surface area contributed by atoms with Crippen LogP contribution < -0.4 is 0 Å². The second-order valence-corrected chi connectivity index (χ2v) is 3.98. The van der Waals surface area contributed by atoms with E-state index in [1.54, 1.807) is 6.92 Å². The van der Waals surface area contributed by atoms with E-state index in [1.807, 2.05) is 0 Å². The Kier molecular flexibility index (Phi) is 2.46. The molecule has 1 unspecified atom stereocenters. The van der Waals surface area contributed by atoms with Crippen LogP contribution in [0.25, 0.3) is 0 Å². The number of aliphatic hydroxyl groups is 1. The molecule has 82 valence electrons. The number of rotatable bonds is 0. The van der Waals surface area contributed by atoms with Crippen LogP contribution in [0.2, 0.25) is 0 Å². The summed E-state index contributed by atoms with van der Waals surface area (Å²) in [5.41, 5.74) is -0.0844. The molecule has 2 atom stereocenters. The average molecular weight is 216 g/mol. The van der Waals surface area contributed by atoms with Gasteiger partial charge in [0.25, 0.3) is 0 Å². The van der Waals surface area contributed by atoms with Crippen molar-refractivity contribution in [1.82, 2.24) is 0 Å². The molecule has 0 saturated carbocycles. The minimum atomic E-state index is -1.24. The SMILES string of the molecule is CC1CC[C@@H](O)c2c(F)c(F)cc(F)c21. The molecule has 0 radical (unpaired) electrons. The fraction of sp³-hybridized carbons (Fsp3) is 0.455. The summed E-state index contributed by atoms with van der Waals surface area (Å²) in [7, 11) is 0. The molecule has 1 nitrogen and oxygen atoms in total. The summed E-state index contributed by atoms with van der Waals surface area (Å²) >= 11 is 0. The first-order valence-corrected chi connectivity index (χ1v) is 4.87. The van der Waals surface area contributed by atoms with Crippen molar-refractivity contribution in [3.63, 3.8) is 0 Å². The van der Waals surface area contributed by atoms with E-state index in [2.05, 4.69) is 0 Å². The number of fused-ring (bicyclic) bond motifs is 1. The van der Waals surface area contributed by atoms with Gasteiger partial charge in [0.15, 0.2) is 11.6 Å². The highest BCUT2D eigenvalue weighted by Gasteiger charge is 2.31. The van der Waals surface area contributed by atoms with Gasteiger partial charge in [-0.1, -0.05) is 6.92 Å². The zero-order chi connectivity index (χ0) is 11.2. The van der Waals surface area contributed by atoms with Crippen molar-refractivity contribution >= 4 is 0 Å². The minimum Gasteiger partial charge on any atom is -0.388 e. The highest BCUT2D eigenvalue weighted by Crippen LogP contribution is 2.40. The Balaban J connectivity index is 2.71. The van der Waals surface area contributed by atoms with Crippen LogP contribution in [-0.2, 0) is 0 Å². The zero-order valence-electron chi connectivity index (χ0n) is 8.23. The van der Waals surface area contributed by atoms with Crippen molar-refractivity contribution in [3.05, 3.63) is 34.6 Å². The molecule has 0 amide bonds. The van der Waals surface area contributed by atoms with Crippen LogP contribution in [-0.4, -0.2) is 5.11 Å². The molecular formula is C11H11F3O. The quantitative estimate of drug-likeness (QED) is 0.661. The van der Waals surface area contributed by atoms with Gasteiger partial charge in [0.1, 0.15) is 5.82 Å². The Labute approximate surface area is 85.5 Å². The molecule has 0 heterocycles. The molecule has 0 fully saturated rings. The lowest BCUT2D eigenvalue weighted by molar-refractivity contribution is 0.144. The maximum atomic E-state index is 13.4. The predicted molar refractivity (Wildman–Crippen MR) is 48.9 cm³/mol. The molecule has 0 aliphatic heterocycles. The smallest absolute Gasteiger partial charge is 0.165 e. The third-order valence-electron chi connectivity index (χ3n) is 2.95. The minimum absolute atomic E-state index is 0.118. The van der Waals surface area contributed by atoms with Crippen molar-refractivity contribution in [1.29, 1.82) is 0 Å². The van der Waals surface area contributed by atoms with Gasteiger partial charge in [-0.25, -0.2) is 13.2 Å². The lowest BCUT2D eigenvalue weighted by Gasteiger charge is -2.27. The Morgan fingerprint density at radius 3 is 2.47 bits per heavy atom. The van der Waals surface area contributed by atoms with Gasteiger partial charge in [0.2, 0.25) is 0 Å². The summed E-state index contributed by atoms with van der Waals surface area (Å²) < 4.78 is 39.7. The van der Waals surface area contributed by atoms with Gasteiger partial charge in [-0.3, -0.25) is 0 Å². The molecule has 2 rings (SSSR count). The Morgan fingerprint density at radius 2 is 1.80 bits per heavy atom. The molecule has 0 spiro atoms. The summed E-state index contributed by atoms with van der Waals surface area (Å²) in [6.07, 6.45) is -0.175. The third-order valence-corrected chi connectivity index (χ3v) is 2.95. The van der Waals surface area contributed by atoms with Gasteiger partial charge in [0.05, 0.1) is 6.10 Å². The number of benzene rings is 1. The first-order valence-electron chi connectivity index (χ1n) is 4.87. The van der Waals surface area contributed by atoms with Crippen molar-refractivity contribution < 1.29 is 18.3 Å². The molecule has 1 aromatic rings. The van der Waals surface area contributed by atoms with Crippen LogP contribution in [0.15, 0.2) is 6.07 Å². The first kappa shape index (κ1) is 10.5. The van der Waals surface area contributed by atoms with Crippen LogP contribution >= 0.6 is 0 Å². The van der Waals surface area contributed by atoms with Crippen molar-refractivity contribution in [2.24, 2.45) is 0 Å². The fourth-order valence-electron chi connectivity index (χ4n) is 2.15. The van der Waals surface area contributed by atoms with Gasteiger partial charge in [-0.15, -0.1) is 0 Å². The van der Waals surface area contributed by atoms with Gasteiger partial charge in [-0.05, 0) is 24.3 Å². The molecule has 4 heteroatoms. The molecular weight excluding hydrogens is 205 g/mol. The first-order chi connectivity index (χ1) is 7.02. The van der Waals surface area contributed by atoms with Crippen LogP contribution in [0.1, 0.15) is 42.9 Å². The number of hydrogen-bond donors (Lipinski definition) is 1. The van der Waals surface area contributed by atoms with E-state index in [1.165, 1.54) is 0 Å². The number of halogens is 3. The molecule has 0 saturated heterocycles. The van der Waals surface area contributed by atoms with E-state index in [-0.39, 0.29) is 17.0 Å². The summed E-state index contributed by atoms with van der Waals surface area (Å²) in [6.45, 7) is 1.74. The summed E-state index contributed by atoms with van der Waals surface area (Å²) in [6, 6.07) is 0.544. The van der Waals surface area contributed by atoms with E-state index in [9.17, 15) is 18.3 Å². The second-order valence-electron chi connectivity index (χ2n) is 3.98. The second kappa shape index (κ2) is 3.52. The Morgan fingerprint density at radius 1 is 1.13 bits per heavy atom. The summed E-state index contributed by atoms with van der Waals surface area (Å²) in [5, 5.41) is 9.54. The maximum Gasteiger partial charge on any atom is 0.165 e. The highest BCUT2D eigenvalue weighted by molar-refractivity contribution is 5.37. The molecule has 1 N–H and O–H groups in total. The Bertz CT molecular complexity index is 403. The van der Waals surface area contributed by atoms with Crippen LogP contribution in [0, 0.1) is 17.5 Å². The number of aliphatic hydroxyl groups excluding tert-OH is 1. The van der Waals surface area contributed by atoms with E-state index >= 15 is 0 Å². The van der Waals surface area contributed by atoms with Gasteiger partial charge in [0, 0.05) is 11.6 Å². The number of hydrogen-bond acceptors (Lipinski definition) is 1. The highest BCUT2D eigenvalue weighted by atomic mass is 19.2. The van der Waals surface area contributed by atoms with E-state index in [0.29, 0.717) is 18.9 Å². The third kappa shape index (κ3) is 1.53. The standard InChI is InChI=1S/C11H11F3O/c1-5-2-3-8(15)10-9(5)6(12)4-7(13)11(10)14/h4-5,8,15H,2-3H2,1H3/t5?,8-/m1/s1. The van der Waals surface area contributed by atoms with Crippen LogP contribution in [0.3, 0.4) is 0 Å². The van der Waals surface area contributed by atoms with E-state index < -0.39 is 23.6 Å². The van der Waals surface area contributed by atoms with E-state index in [0.717, 1.165) is 0 Å². The lowest BCUT2D eigenvalue weighted by Crippen LogP contribution is -2.17. The molecule has 1 aromatic carbocycles. The molecule has 1 aliphatic rings. The monoisotopic (exact) mass is 216 g/mol. The summed E-state index contributed by atoms with van der Waals surface area (Å²) in [4.78, 5) is 0. The average Bonchev–Trinajstić information content (AvgIpc) is 2.18. The molecule has 0 aromatic heterocycles. The zero-order valence-corrected chi connectivity index (χ0v) is 8.23. The van der Waals surface area contributed by atoms with Gasteiger partial charge in [-0.2, -0.15) is 0 Å². The van der Waals surface area contributed by atoms with Crippen LogP contribution in [0.5, 0.6) is 0 Å². The largest absolute Gasteiger partial charge is 0.388 e. The fourth-order valence-corrected chi connectivity index (χ4v) is 2.15.